The molecule has 1 aromatic rings. The molecule has 0 spiro atoms. The summed E-state index contributed by atoms with van der Waals surface area (Å²) < 4.78 is 13.1. The summed E-state index contributed by atoms with van der Waals surface area (Å²) in [4.78, 5) is 11.9. The van der Waals surface area contributed by atoms with Crippen LogP contribution in [0.15, 0.2) is 18.2 Å². The van der Waals surface area contributed by atoms with Gasteiger partial charge in [-0.25, -0.2) is 4.39 Å². The molecule has 0 aliphatic heterocycles. The van der Waals surface area contributed by atoms with Crippen LogP contribution in [0.25, 0.3) is 0 Å². The Morgan fingerprint density at radius 2 is 2.06 bits per heavy atom. The lowest BCUT2D eigenvalue weighted by molar-refractivity contribution is 0.0973. The standard InChI is InChI=1S/C14H20FNO/c1-10(5-6-16)3-4-14(17)12-7-11(2)8-13(15)9-12/h7-10H,3-6,16H2,1-2H3. The Kier molecular flexibility index (Phi) is 5.29. The van der Waals surface area contributed by atoms with Crippen molar-refractivity contribution in [1.82, 2.24) is 0 Å². The molecule has 0 saturated heterocycles. The highest BCUT2D eigenvalue weighted by molar-refractivity contribution is 5.96. The van der Waals surface area contributed by atoms with Gasteiger partial charge in [0.05, 0.1) is 0 Å². The van der Waals surface area contributed by atoms with Crippen molar-refractivity contribution in [2.24, 2.45) is 11.7 Å². The zero-order chi connectivity index (χ0) is 12.8. The van der Waals surface area contributed by atoms with Gasteiger partial charge in [0, 0.05) is 12.0 Å². The van der Waals surface area contributed by atoms with Crippen LogP contribution in [0.3, 0.4) is 0 Å². The molecule has 0 fully saturated rings. The Morgan fingerprint density at radius 3 is 2.65 bits per heavy atom. The van der Waals surface area contributed by atoms with Gasteiger partial charge < -0.3 is 5.73 Å². The first kappa shape index (κ1) is 13.8. The van der Waals surface area contributed by atoms with E-state index in [0.29, 0.717) is 24.4 Å². The number of hydrogen-bond donors (Lipinski definition) is 1. The molecule has 1 rings (SSSR count). The van der Waals surface area contributed by atoms with Crippen LogP contribution in [0.1, 0.15) is 42.1 Å². The smallest absolute Gasteiger partial charge is 0.162 e. The molecule has 0 aliphatic rings. The van der Waals surface area contributed by atoms with Crippen molar-refractivity contribution < 1.29 is 9.18 Å². The third-order valence-electron chi connectivity index (χ3n) is 2.89. The SMILES string of the molecule is Cc1cc(F)cc(C(=O)CCC(C)CCN)c1. The predicted molar refractivity (Wildman–Crippen MR) is 67.5 cm³/mol. The lowest BCUT2D eigenvalue weighted by Crippen LogP contribution is -2.08. The molecule has 2 nitrogen and oxygen atoms in total. The minimum absolute atomic E-state index is 0.0106. The molecule has 1 unspecified atom stereocenters. The first-order valence-electron chi connectivity index (χ1n) is 6.03. The van der Waals surface area contributed by atoms with E-state index < -0.39 is 0 Å². The van der Waals surface area contributed by atoms with Gasteiger partial charge in [-0.1, -0.05) is 6.92 Å². The summed E-state index contributed by atoms with van der Waals surface area (Å²) in [5.41, 5.74) is 6.71. The van der Waals surface area contributed by atoms with Crippen LogP contribution < -0.4 is 5.73 Å². The summed E-state index contributed by atoms with van der Waals surface area (Å²) in [6.45, 7) is 4.52. The van der Waals surface area contributed by atoms with Gasteiger partial charge in [-0.15, -0.1) is 0 Å². The minimum atomic E-state index is -0.344. The van der Waals surface area contributed by atoms with Gasteiger partial charge in [-0.3, -0.25) is 4.79 Å². The van der Waals surface area contributed by atoms with Crippen molar-refractivity contribution >= 4 is 5.78 Å². The van der Waals surface area contributed by atoms with Gasteiger partial charge in [0.25, 0.3) is 0 Å². The summed E-state index contributed by atoms with van der Waals surface area (Å²) in [5, 5.41) is 0. The molecule has 0 bridgehead atoms. The molecule has 0 heterocycles. The minimum Gasteiger partial charge on any atom is -0.330 e. The average molecular weight is 237 g/mol. The number of carbonyl (C=O) groups is 1. The molecule has 2 N–H and O–H groups in total. The normalized spacial score (nSPS) is 12.5. The van der Waals surface area contributed by atoms with E-state index in [0.717, 1.165) is 18.4 Å². The number of halogens is 1. The number of hydrogen-bond acceptors (Lipinski definition) is 2. The zero-order valence-corrected chi connectivity index (χ0v) is 10.5. The molecular weight excluding hydrogens is 217 g/mol. The van der Waals surface area contributed by atoms with Gasteiger partial charge in [0.2, 0.25) is 0 Å². The average Bonchev–Trinajstić information content (AvgIpc) is 2.25. The Hall–Kier alpha value is -1.22. The van der Waals surface area contributed by atoms with Gasteiger partial charge >= 0.3 is 0 Å². The molecule has 94 valence electrons. The van der Waals surface area contributed by atoms with E-state index >= 15 is 0 Å². The largest absolute Gasteiger partial charge is 0.330 e. The number of rotatable bonds is 6. The van der Waals surface area contributed by atoms with E-state index in [1.165, 1.54) is 12.1 Å². The fourth-order valence-corrected chi connectivity index (χ4v) is 1.85. The molecule has 1 atom stereocenters. The van der Waals surface area contributed by atoms with Gasteiger partial charge in [0.15, 0.2) is 5.78 Å². The fraction of sp³-hybridized carbons (Fsp3) is 0.500. The molecule has 1 aromatic carbocycles. The van der Waals surface area contributed by atoms with Crippen LogP contribution in [0, 0.1) is 18.7 Å². The molecule has 0 aromatic heterocycles. The van der Waals surface area contributed by atoms with E-state index in [1.807, 2.05) is 0 Å². The molecule has 0 radical (unpaired) electrons. The van der Waals surface area contributed by atoms with Gasteiger partial charge in [-0.2, -0.15) is 0 Å². The van der Waals surface area contributed by atoms with E-state index in [9.17, 15) is 9.18 Å². The van der Waals surface area contributed by atoms with Crippen LogP contribution in [0.2, 0.25) is 0 Å². The van der Waals surface area contributed by atoms with E-state index in [1.54, 1.807) is 13.0 Å². The van der Waals surface area contributed by atoms with Crippen LogP contribution in [-0.4, -0.2) is 12.3 Å². The zero-order valence-electron chi connectivity index (χ0n) is 10.5. The first-order chi connectivity index (χ1) is 8.02. The number of carbonyl (C=O) groups excluding carboxylic acids is 1. The molecule has 0 saturated carbocycles. The Balaban J connectivity index is 2.58. The van der Waals surface area contributed by atoms with Crippen LogP contribution >= 0.6 is 0 Å². The monoisotopic (exact) mass is 237 g/mol. The number of Topliss-reactive ketones (excluding diaryl/α,β-unsaturated/α-hetero) is 1. The maximum Gasteiger partial charge on any atom is 0.162 e. The maximum absolute atomic E-state index is 13.1. The Morgan fingerprint density at radius 1 is 1.35 bits per heavy atom. The second-order valence-corrected chi connectivity index (χ2v) is 4.66. The fourth-order valence-electron chi connectivity index (χ4n) is 1.85. The number of aryl methyl sites for hydroxylation is 1. The highest BCUT2D eigenvalue weighted by Gasteiger charge is 2.10. The topological polar surface area (TPSA) is 43.1 Å². The van der Waals surface area contributed by atoms with Crippen LogP contribution in [0.4, 0.5) is 4.39 Å². The van der Waals surface area contributed by atoms with Crippen molar-refractivity contribution in [1.29, 1.82) is 0 Å². The number of ketones is 1. The maximum atomic E-state index is 13.1. The number of nitrogens with two attached hydrogens (primary N) is 1. The predicted octanol–water partition coefficient (Wildman–Crippen LogP) is 3.08. The molecule has 17 heavy (non-hydrogen) atoms. The second-order valence-electron chi connectivity index (χ2n) is 4.66. The molecule has 3 heteroatoms. The molecule has 0 amide bonds. The number of benzene rings is 1. The lowest BCUT2D eigenvalue weighted by Gasteiger charge is -2.09. The highest BCUT2D eigenvalue weighted by atomic mass is 19.1. The van der Waals surface area contributed by atoms with Crippen LogP contribution in [-0.2, 0) is 0 Å². The van der Waals surface area contributed by atoms with Crippen molar-refractivity contribution in [2.45, 2.75) is 33.1 Å². The van der Waals surface area contributed by atoms with Crippen molar-refractivity contribution in [3.63, 3.8) is 0 Å². The molecular formula is C14H20FNO. The van der Waals surface area contributed by atoms with Crippen molar-refractivity contribution in [3.05, 3.63) is 35.1 Å². The van der Waals surface area contributed by atoms with Crippen molar-refractivity contribution in [2.75, 3.05) is 6.54 Å². The Bertz CT molecular complexity index is 370. The lowest BCUT2D eigenvalue weighted by atomic mass is 9.97. The van der Waals surface area contributed by atoms with Gasteiger partial charge in [-0.05, 0) is 56.0 Å². The third-order valence-corrected chi connectivity index (χ3v) is 2.89. The van der Waals surface area contributed by atoms with Crippen LogP contribution in [0.5, 0.6) is 0 Å². The van der Waals surface area contributed by atoms with E-state index in [-0.39, 0.29) is 11.6 Å². The second kappa shape index (κ2) is 6.50. The van der Waals surface area contributed by atoms with E-state index in [2.05, 4.69) is 6.92 Å². The first-order valence-corrected chi connectivity index (χ1v) is 6.03. The quantitative estimate of drug-likeness (QED) is 0.773. The summed E-state index contributed by atoms with van der Waals surface area (Å²) >= 11 is 0. The summed E-state index contributed by atoms with van der Waals surface area (Å²) in [5.74, 6) is 0.110. The van der Waals surface area contributed by atoms with E-state index in [4.69, 9.17) is 5.73 Å². The molecule has 0 aliphatic carbocycles. The third kappa shape index (κ3) is 4.65. The Labute approximate surface area is 102 Å². The van der Waals surface area contributed by atoms with Gasteiger partial charge in [0.1, 0.15) is 5.82 Å². The summed E-state index contributed by atoms with van der Waals surface area (Å²) in [6, 6.07) is 4.47. The summed E-state index contributed by atoms with van der Waals surface area (Å²) in [7, 11) is 0. The van der Waals surface area contributed by atoms with Crippen molar-refractivity contribution in [3.8, 4) is 0 Å². The highest BCUT2D eigenvalue weighted by Crippen LogP contribution is 2.15. The summed E-state index contributed by atoms with van der Waals surface area (Å²) in [6.07, 6.45) is 2.20.